The van der Waals surface area contributed by atoms with Crippen LogP contribution in [0.15, 0.2) is 12.1 Å². The number of aryl methyl sites for hydroxylation is 2. The molecule has 2 aliphatic rings. The fourth-order valence-electron chi connectivity index (χ4n) is 4.79. The molecule has 1 heterocycles. The van der Waals surface area contributed by atoms with Gasteiger partial charge in [-0.1, -0.05) is 25.7 Å². The molecule has 2 aliphatic carbocycles. The van der Waals surface area contributed by atoms with Crippen LogP contribution in [0.2, 0.25) is 0 Å². The minimum absolute atomic E-state index is 0.129. The van der Waals surface area contributed by atoms with Crippen molar-refractivity contribution in [2.75, 3.05) is 0 Å². The van der Waals surface area contributed by atoms with Crippen LogP contribution in [-0.4, -0.2) is 26.8 Å². The molecule has 25 heavy (non-hydrogen) atoms. The van der Waals surface area contributed by atoms with Crippen molar-refractivity contribution in [1.29, 1.82) is 0 Å². The maximum Gasteiger partial charge on any atom is 0.229 e. The first-order valence-electron chi connectivity index (χ1n) is 9.85. The van der Waals surface area contributed by atoms with E-state index in [0.29, 0.717) is 0 Å². The van der Waals surface area contributed by atoms with E-state index in [9.17, 15) is 4.79 Å². The average Bonchev–Trinajstić information content (AvgIpc) is 3.30. The fourth-order valence-corrected chi connectivity index (χ4v) is 8.59. The first-order chi connectivity index (χ1) is 12.1. The molecule has 0 bridgehead atoms. The van der Waals surface area contributed by atoms with Gasteiger partial charge in [-0.2, -0.15) is 0 Å². The molecule has 1 aromatic carbocycles. The Morgan fingerprint density at radius 3 is 2.04 bits per heavy atom. The number of benzene rings is 1. The lowest BCUT2D eigenvalue weighted by molar-refractivity contribution is 0.0944. The van der Waals surface area contributed by atoms with Crippen LogP contribution in [0.3, 0.4) is 0 Å². The molecule has 0 radical (unpaired) electrons. The number of fused-ring (bicyclic) bond motifs is 1. The third-order valence-corrected chi connectivity index (χ3v) is 9.60. The Labute approximate surface area is 152 Å². The number of nitrogens with zero attached hydrogens (tertiary/aromatic N) is 2. The molecule has 0 amide bonds. The minimum atomic E-state index is -0.346. The number of aromatic nitrogens is 2. The van der Waals surface area contributed by atoms with E-state index in [2.05, 4.69) is 26.0 Å². The summed E-state index contributed by atoms with van der Waals surface area (Å²) in [7, 11) is -0.346. The monoisotopic (exact) mass is 356 g/mol. The second-order valence-corrected chi connectivity index (χ2v) is 10.7. The number of imidazole rings is 1. The molecular formula is C21H29N2OP. The Bertz CT molecular complexity index is 782. The molecule has 0 unspecified atom stereocenters. The van der Waals surface area contributed by atoms with Gasteiger partial charge in [0.05, 0.1) is 11.0 Å². The molecule has 134 valence electrons. The van der Waals surface area contributed by atoms with Crippen LogP contribution in [0, 0.1) is 13.8 Å². The first kappa shape index (κ1) is 17.2. The molecule has 2 aromatic rings. The molecule has 4 heteroatoms. The number of carbonyl (C=O) groups excluding carboxylic acids is 1. The summed E-state index contributed by atoms with van der Waals surface area (Å²) in [4.78, 5) is 17.7. The zero-order valence-corrected chi connectivity index (χ0v) is 16.6. The Morgan fingerprint density at radius 1 is 1.00 bits per heavy atom. The van der Waals surface area contributed by atoms with Crippen LogP contribution < -0.4 is 5.57 Å². The Kier molecular flexibility index (Phi) is 4.71. The first-order valence-corrected chi connectivity index (χ1v) is 11.3. The molecule has 0 spiro atoms. The van der Waals surface area contributed by atoms with Gasteiger partial charge in [0.1, 0.15) is 5.57 Å². The zero-order chi connectivity index (χ0) is 17.6. The Hall–Kier alpha value is -1.21. The number of hydrogen-bond acceptors (Lipinski definition) is 2. The van der Waals surface area contributed by atoms with Crippen LogP contribution in [0.25, 0.3) is 11.0 Å². The summed E-state index contributed by atoms with van der Waals surface area (Å²) >= 11 is 0. The van der Waals surface area contributed by atoms with Gasteiger partial charge in [0.2, 0.25) is 5.91 Å². The van der Waals surface area contributed by atoms with Gasteiger partial charge >= 0.3 is 0 Å². The van der Waals surface area contributed by atoms with E-state index in [4.69, 9.17) is 4.98 Å². The molecule has 0 N–H and O–H groups in total. The van der Waals surface area contributed by atoms with Gasteiger partial charge in [0, 0.05) is 6.92 Å². The Balaban J connectivity index is 1.89. The van der Waals surface area contributed by atoms with Crippen LogP contribution in [-0.2, 0) is 0 Å². The van der Waals surface area contributed by atoms with Gasteiger partial charge in [0.15, 0.2) is 0 Å². The third-order valence-electron chi connectivity index (χ3n) is 6.23. The quantitative estimate of drug-likeness (QED) is 0.699. The lowest BCUT2D eigenvalue weighted by Gasteiger charge is -2.29. The highest BCUT2D eigenvalue weighted by Crippen LogP contribution is 2.56. The van der Waals surface area contributed by atoms with Crippen molar-refractivity contribution >= 4 is 30.4 Å². The van der Waals surface area contributed by atoms with Gasteiger partial charge in [-0.05, 0) is 82.0 Å². The van der Waals surface area contributed by atoms with Crippen molar-refractivity contribution in [2.24, 2.45) is 0 Å². The van der Waals surface area contributed by atoms with E-state index in [-0.39, 0.29) is 13.8 Å². The lowest BCUT2D eigenvalue weighted by atomic mass is 10.1. The van der Waals surface area contributed by atoms with E-state index >= 15 is 0 Å². The van der Waals surface area contributed by atoms with Crippen LogP contribution in [0.4, 0.5) is 0 Å². The summed E-state index contributed by atoms with van der Waals surface area (Å²) in [5.74, 6) is 0.129. The van der Waals surface area contributed by atoms with Gasteiger partial charge in [0.25, 0.3) is 0 Å². The summed E-state index contributed by atoms with van der Waals surface area (Å²) in [6, 6.07) is 4.34. The highest BCUT2D eigenvalue weighted by Gasteiger charge is 2.37. The molecule has 2 fully saturated rings. The zero-order valence-electron chi connectivity index (χ0n) is 15.7. The maximum absolute atomic E-state index is 12.6. The van der Waals surface area contributed by atoms with Crippen LogP contribution >= 0.6 is 7.92 Å². The largest absolute Gasteiger partial charge is 0.274 e. The number of hydrogen-bond donors (Lipinski definition) is 0. The van der Waals surface area contributed by atoms with Crippen LogP contribution in [0.5, 0.6) is 0 Å². The Morgan fingerprint density at radius 2 is 1.52 bits per heavy atom. The minimum Gasteiger partial charge on any atom is -0.274 e. The van der Waals surface area contributed by atoms with Crippen molar-refractivity contribution in [1.82, 2.24) is 9.55 Å². The highest BCUT2D eigenvalue weighted by molar-refractivity contribution is 7.66. The number of rotatable bonds is 3. The van der Waals surface area contributed by atoms with Crippen LogP contribution in [0.1, 0.15) is 74.2 Å². The van der Waals surface area contributed by atoms with Crippen molar-refractivity contribution in [3.05, 3.63) is 23.3 Å². The molecule has 4 rings (SSSR count). The van der Waals surface area contributed by atoms with E-state index in [0.717, 1.165) is 27.9 Å². The predicted molar refractivity (Wildman–Crippen MR) is 107 cm³/mol. The highest BCUT2D eigenvalue weighted by atomic mass is 31.1. The van der Waals surface area contributed by atoms with Crippen molar-refractivity contribution in [3.8, 4) is 0 Å². The summed E-state index contributed by atoms with van der Waals surface area (Å²) in [6.45, 7) is 5.97. The van der Waals surface area contributed by atoms with Gasteiger partial charge in [-0.25, -0.2) is 4.98 Å². The second kappa shape index (κ2) is 6.83. The van der Waals surface area contributed by atoms with Gasteiger partial charge in [-0.15, -0.1) is 0 Å². The fraction of sp³-hybridized carbons (Fsp3) is 0.619. The van der Waals surface area contributed by atoms with E-state index in [1.165, 1.54) is 62.5 Å². The van der Waals surface area contributed by atoms with Crippen molar-refractivity contribution < 1.29 is 4.79 Å². The number of carbonyl (C=O) groups is 1. The summed E-state index contributed by atoms with van der Waals surface area (Å²) < 4.78 is 1.98. The summed E-state index contributed by atoms with van der Waals surface area (Å²) in [5.41, 5.74) is 7.21. The molecule has 0 saturated heterocycles. The smallest absolute Gasteiger partial charge is 0.229 e. The normalized spacial score (nSPS) is 19.5. The summed E-state index contributed by atoms with van der Waals surface area (Å²) in [5, 5.41) is 0. The molecule has 0 aliphatic heterocycles. The predicted octanol–water partition coefficient (Wildman–Crippen LogP) is 5.31. The van der Waals surface area contributed by atoms with Crippen molar-refractivity contribution in [2.45, 2.75) is 83.5 Å². The van der Waals surface area contributed by atoms with Gasteiger partial charge in [-0.3, -0.25) is 9.36 Å². The molecule has 1 aromatic heterocycles. The third kappa shape index (κ3) is 3.05. The molecular weight excluding hydrogens is 327 g/mol. The standard InChI is InChI=1S/C21H29N2OP/c1-14-12-19-20(13-15(14)2)23(16(3)24)21(22-19)25(17-8-4-5-9-17)18-10-6-7-11-18/h12-13,17-18H,4-11H2,1-3H3. The SMILES string of the molecule is CC(=O)n1c(P(C2CCCC2)C2CCCC2)nc2cc(C)c(C)cc21. The van der Waals surface area contributed by atoms with E-state index in [1.807, 2.05) is 4.57 Å². The van der Waals surface area contributed by atoms with E-state index in [1.54, 1.807) is 6.92 Å². The molecule has 3 nitrogen and oxygen atoms in total. The van der Waals surface area contributed by atoms with Gasteiger partial charge < -0.3 is 0 Å². The van der Waals surface area contributed by atoms with E-state index < -0.39 is 0 Å². The average molecular weight is 356 g/mol. The molecule has 0 atom stereocenters. The topological polar surface area (TPSA) is 34.9 Å². The summed E-state index contributed by atoms with van der Waals surface area (Å²) in [6.07, 6.45) is 10.8. The maximum atomic E-state index is 12.6. The second-order valence-electron chi connectivity index (χ2n) is 7.98. The van der Waals surface area contributed by atoms with Crippen molar-refractivity contribution in [3.63, 3.8) is 0 Å². The lowest BCUT2D eigenvalue weighted by Crippen LogP contribution is -2.29. The molecule has 2 saturated carbocycles.